The van der Waals surface area contributed by atoms with Crippen LogP contribution in [0.25, 0.3) is 0 Å². The molecule has 1 amide bonds. The number of aryl methyl sites for hydroxylation is 3. The van der Waals surface area contributed by atoms with Gasteiger partial charge >= 0.3 is 0 Å². The largest absolute Gasteiger partial charge is 0.348 e. The molecule has 0 radical (unpaired) electrons. The van der Waals surface area contributed by atoms with Gasteiger partial charge in [0.25, 0.3) is 5.91 Å². The second-order valence-electron chi connectivity index (χ2n) is 5.54. The van der Waals surface area contributed by atoms with E-state index in [2.05, 4.69) is 38.2 Å². The number of benzene rings is 2. The third-order valence-electron chi connectivity index (χ3n) is 3.71. The molecule has 0 saturated heterocycles. The maximum absolute atomic E-state index is 12.2. The molecule has 0 aliphatic carbocycles. The molecule has 0 heterocycles. The molecule has 0 bridgehead atoms. The number of hydrogen-bond acceptors (Lipinski definition) is 2. The van der Waals surface area contributed by atoms with E-state index in [0.29, 0.717) is 12.1 Å². The van der Waals surface area contributed by atoms with Crippen molar-refractivity contribution in [3.8, 4) is 0 Å². The average Bonchev–Trinajstić information content (AvgIpc) is 2.46. The van der Waals surface area contributed by atoms with E-state index in [1.807, 2.05) is 0 Å². The van der Waals surface area contributed by atoms with E-state index in [1.165, 1.54) is 16.7 Å². The fourth-order valence-corrected chi connectivity index (χ4v) is 3.08. The monoisotopic (exact) mass is 315 g/mol. The molecule has 2 rings (SSSR count). The predicted octanol–water partition coefficient (Wildman–Crippen LogP) is 3.28. The van der Waals surface area contributed by atoms with E-state index in [9.17, 15) is 9.00 Å². The van der Waals surface area contributed by atoms with Gasteiger partial charge in [-0.1, -0.05) is 17.7 Å². The smallest absolute Gasteiger partial charge is 0.251 e. The topological polar surface area (TPSA) is 46.2 Å². The zero-order valence-corrected chi connectivity index (χ0v) is 14.2. The first-order valence-corrected chi connectivity index (χ1v) is 8.72. The normalized spacial score (nSPS) is 12.0. The van der Waals surface area contributed by atoms with Gasteiger partial charge in [-0.3, -0.25) is 9.00 Å². The first-order valence-electron chi connectivity index (χ1n) is 7.17. The third-order valence-corrected chi connectivity index (χ3v) is 4.65. The SMILES string of the molecule is Cc1cc(C)c(CNC(=O)c2ccc(S(C)=O)cc2)c(C)c1. The summed E-state index contributed by atoms with van der Waals surface area (Å²) in [6.45, 7) is 6.71. The molecule has 3 nitrogen and oxygen atoms in total. The maximum atomic E-state index is 12.2. The summed E-state index contributed by atoms with van der Waals surface area (Å²) in [5.74, 6) is -0.118. The Labute approximate surface area is 134 Å². The molecule has 0 aliphatic heterocycles. The number of nitrogens with one attached hydrogen (secondary N) is 1. The van der Waals surface area contributed by atoms with Crippen LogP contribution in [0.3, 0.4) is 0 Å². The molecule has 1 N–H and O–H groups in total. The van der Waals surface area contributed by atoms with Gasteiger partial charge in [-0.25, -0.2) is 0 Å². The molecule has 2 aromatic carbocycles. The highest BCUT2D eigenvalue weighted by Gasteiger charge is 2.09. The Bertz CT molecular complexity index is 697. The number of carbonyl (C=O) groups is 1. The molecular formula is C18H21NO2S. The molecule has 1 unspecified atom stereocenters. The fraction of sp³-hybridized carbons (Fsp3) is 0.278. The number of rotatable bonds is 4. The molecule has 2 aromatic rings. The van der Waals surface area contributed by atoms with Gasteiger partial charge in [-0.2, -0.15) is 0 Å². The Balaban J connectivity index is 2.08. The molecule has 4 heteroatoms. The predicted molar refractivity (Wildman–Crippen MR) is 90.6 cm³/mol. The van der Waals surface area contributed by atoms with Gasteiger partial charge in [-0.05, 0) is 61.7 Å². The minimum atomic E-state index is -1.02. The Kier molecular flexibility index (Phi) is 5.14. The van der Waals surface area contributed by atoms with E-state index < -0.39 is 10.8 Å². The van der Waals surface area contributed by atoms with Gasteiger partial charge in [0.15, 0.2) is 0 Å². The quantitative estimate of drug-likeness (QED) is 0.941. The third kappa shape index (κ3) is 3.83. The van der Waals surface area contributed by atoms with Crippen molar-refractivity contribution in [3.05, 3.63) is 64.2 Å². The lowest BCUT2D eigenvalue weighted by atomic mass is 10.00. The Morgan fingerprint density at radius 1 is 1.05 bits per heavy atom. The summed E-state index contributed by atoms with van der Waals surface area (Å²) in [6, 6.07) is 11.1. The highest BCUT2D eigenvalue weighted by molar-refractivity contribution is 7.84. The summed E-state index contributed by atoms with van der Waals surface area (Å²) in [6.07, 6.45) is 1.62. The summed E-state index contributed by atoms with van der Waals surface area (Å²) < 4.78 is 11.4. The molecule has 116 valence electrons. The summed E-state index contributed by atoms with van der Waals surface area (Å²) in [4.78, 5) is 12.9. The zero-order chi connectivity index (χ0) is 16.3. The van der Waals surface area contributed by atoms with Crippen LogP contribution in [0.15, 0.2) is 41.3 Å². The molecule has 1 atom stereocenters. The first kappa shape index (κ1) is 16.4. The van der Waals surface area contributed by atoms with Gasteiger partial charge in [0, 0.05) is 34.1 Å². The fourth-order valence-electron chi connectivity index (χ4n) is 2.56. The molecule has 0 saturated carbocycles. The van der Waals surface area contributed by atoms with E-state index in [4.69, 9.17) is 0 Å². The van der Waals surface area contributed by atoms with Gasteiger partial charge in [0.2, 0.25) is 0 Å². The first-order chi connectivity index (χ1) is 10.4. The van der Waals surface area contributed by atoms with E-state index >= 15 is 0 Å². The highest BCUT2D eigenvalue weighted by atomic mass is 32.2. The molecule has 0 fully saturated rings. The summed E-state index contributed by atoms with van der Waals surface area (Å²) in [5.41, 5.74) is 5.35. The van der Waals surface area contributed by atoms with E-state index in [0.717, 1.165) is 10.5 Å². The number of carbonyl (C=O) groups excluding carboxylic acids is 1. The van der Waals surface area contributed by atoms with Crippen LogP contribution in [0.4, 0.5) is 0 Å². The van der Waals surface area contributed by atoms with E-state index in [1.54, 1.807) is 30.5 Å². The van der Waals surface area contributed by atoms with Crippen molar-refractivity contribution in [1.82, 2.24) is 5.32 Å². The van der Waals surface area contributed by atoms with Crippen LogP contribution in [-0.4, -0.2) is 16.4 Å². The lowest BCUT2D eigenvalue weighted by Gasteiger charge is -2.12. The Hall–Kier alpha value is -1.94. The molecule has 0 aromatic heterocycles. The van der Waals surface area contributed by atoms with Crippen LogP contribution in [0, 0.1) is 20.8 Å². The summed E-state index contributed by atoms with van der Waals surface area (Å²) >= 11 is 0. The van der Waals surface area contributed by atoms with Crippen LogP contribution >= 0.6 is 0 Å². The minimum Gasteiger partial charge on any atom is -0.348 e. The molecule has 22 heavy (non-hydrogen) atoms. The van der Waals surface area contributed by atoms with Gasteiger partial charge in [0.05, 0.1) is 0 Å². The molecule has 0 spiro atoms. The lowest BCUT2D eigenvalue weighted by molar-refractivity contribution is 0.0951. The second-order valence-corrected chi connectivity index (χ2v) is 6.92. The van der Waals surface area contributed by atoms with Crippen molar-refractivity contribution < 1.29 is 9.00 Å². The summed E-state index contributed by atoms with van der Waals surface area (Å²) in [5, 5.41) is 2.95. The van der Waals surface area contributed by atoms with Crippen molar-refractivity contribution in [1.29, 1.82) is 0 Å². The van der Waals surface area contributed by atoms with Gasteiger partial charge in [-0.15, -0.1) is 0 Å². The Morgan fingerprint density at radius 2 is 1.59 bits per heavy atom. The molecule has 0 aliphatic rings. The van der Waals surface area contributed by atoms with Crippen LogP contribution < -0.4 is 5.32 Å². The second kappa shape index (κ2) is 6.88. The van der Waals surface area contributed by atoms with Crippen molar-refractivity contribution in [2.75, 3.05) is 6.26 Å². The van der Waals surface area contributed by atoms with Crippen molar-refractivity contribution in [3.63, 3.8) is 0 Å². The van der Waals surface area contributed by atoms with E-state index in [-0.39, 0.29) is 5.91 Å². The summed E-state index contributed by atoms with van der Waals surface area (Å²) in [7, 11) is -1.02. The van der Waals surface area contributed by atoms with Crippen LogP contribution in [0.2, 0.25) is 0 Å². The maximum Gasteiger partial charge on any atom is 0.251 e. The van der Waals surface area contributed by atoms with Crippen molar-refractivity contribution >= 4 is 16.7 Å². The highest BCUT2D eigenvalue weighted by Crippen LogP contribution is 2.16. The standard InChI is InChI=1S/C18H21NO2S/c1-12-9-13(2)17(14(3)10-12)11-19-18(20)15-5-7-16(8-6-15)22(4)21/h5-10H,11H2,1-4H3,(H,19,20). The molecular weight excluding hydrogens is 294 g/mol. The Morgan fingerprint density at radius 3 is 2.09 bits per heavy atom. The average molecular weight is 315 g/mol. The van der Waals surface area contributed by atoms with Gasteiger partial charge in [0.1, 0.15) is 0 Å². The zero-order valence-electron chi connectivity index (χ0n) is 13.4. The van der Waals surface area contributed by atoms with Crippen LogP contribution in [-0.2, 0) is 17.3 Å². The minimum absolute atomic E-state index is 0.118. The van der Waals surface area contributed by atoms with Crippen LogP contribution in [0.1, 0.15) is 32.6 Å². The van der Waals surface area contributed by atoms with Crippen molar-refractivity contribution in [2.45, 2.75) is 32.2 Å². The number of amides is 1. The number of hydrogen-bond donors (Lipinski definition) is 1. The van der Waals surface area contributed by atoms with Crippen molar-refractivity contribution in [2.24, 2.45) is 0 Å². The van der Waals surface area contributed by atoms with Gasteiger partial charge < -0.3 is 5.32 Å². The lowest BCUT2D eigenvalue weighted by Crippen LogP contribution is -2.23. The van der Waals surface area contributed by atoms with Crippen LogP contribution in [0.5, 0.6) is 0 Å².